The summed E-state index contributed by atoms with van der Waals surface area (Å²) >= 11 is 6.01. The number of rotatable bonds is 5. The Kier molecular flexibility index (Phi) is 4.47. The lowest BCUT2D eigenvalue weighted by molar-refractivity contribution is 0.286. The van der Waals surface area contributed by atoms with Crippen LogP contribution in [-0.4, -0.2) is 12.6 Å². The van der Waals surface area contributed by atoms with Crippen molar-refractivity contribution in [3.63, 3.8) is 0 Å². The van der Waals surface area contributed by atoms with Gasteiger partial charge >= 0.3 is 0 Å². The fraction of sp³-hybridized carbons (Fsp3) is 0.600. The Hall–Kier alpha value is -0.530. The summed E-state index contributed by atoms with van der Waals surface area (Å²) in [5.41, 5.74) is 1.40. The molecule has 0 aliphatic heterocycles. The van der Waals surface area contributed by atoms with Crippen molar-refractivity contribution < 1.29 is 0 Å². The van der Waals surface area contributed by atoms with Gasteiger partial charge in [-0.2, -0.15) is 0 Å². The van der Waals surface area contributed by atoms with Crippen LogP contribution in [0, 0.1) is 5.92 Å². The highest BCUT2D eigenvalue weighted by Crippen LogP contribution is 2.37. The first-order chi connectivity index (χ1) is 8.15. The van der Waals surface area contributed by atoms with Gasteiger partial charge in [-0.25, -0.2) is 0 Å². The number of halogens is 1. The van der Waals surface area contributed by atoms with Gasteiger partial charge in [0.05, 0.1) is 0 Å². The Morgan fingerprint density at radius 3 is 2.76 bits per heavy atom. The molecular weight excluding hydrogens is 230 g/mol. The van der Waals surface area contributed by atoms with Crippen molar-refractivity contribution >= 4 is 11.6 Å². The predicted molar refractivity (Wildman–Crippen MR) is 74.7 cm³/mol. The van der Waals surface area contributed by atoms with Gasteiger partial charge in [0.15, 0.2) is 0 Å². The second-order valence-corrected chi connectivity index (χ2v) is 5.99. The molecular formula is C15H22ClN. The van der Waals surface area contributed by atoms with Crippen molar-refractivity contribution in [2.75, 3.05) is 6.54 Å². The Balaban J connectivity index is 1.72. The van der Waals surface area contributed by atoms with Crippen molar-refractivity contribution in [2.24, 2.45) is 5.92 Å². The minimum atomic E-state index is 0.713. The summed E-state index contributed by atoms with van der Waals surface area (Å²) in [5.74, 6) is 1.51. The first kappa shape index (κ1) is 12.9. The van der Waals surface area contributed by atoms with E-state index in [4.69, 9.17) is 11.6 Å². The van der Waals surface area contributed by atoms with Crippen LogP contribution in [0.1, 0.15) is 44.6 Å². The molecule has 1 aliphatic carbocycles. The highest BCUT2D eigenvalue weighted by atomic mass is 35.5. The van der Waals surface area contributed by atoms with Crippen LogP contribution in [0.5, 0.6) is 0 Å². The van der Waals surface area contributed by atoms with Crippen LogP contribution < -0.4 is 5.32 Å². The third kappa shape index (κ3) is 3.72. The zero-order valence-corrected chi connectivity index (χ0v) is 11.5. The highest BCUT2D eigenvalue weighted by Gasteiger charge is 2.29. The fourth-order valence-corrected chi connectivity index (χ4v) is 2.59. The molecule has 0 heterocycles. The van der Waals surface area contributed by atoms with E-state index in [2.05, 4.69) is 37.4 Å². The zero-order valence-electron chi connectivity index (χ0n) is 10.7. The molecule has 2 heteroatoms. The minimum Gasteiger partial charge on any atom is -0.314 e. The summed E-state index contributed by atoms with van der Waals surface area (Å²) in [6.45, 7) is 5.71. The Morgan fingerprint density at radius 2 is 2.12 bits per heavy atom. The maximum Gasteiger partial charge on any atom is 0.0408 e. The van der Waals surface area contributed by atoms with E-state index in [0.717, 1.165) is 23.5 Å². The summed E-state index contributed by atoms with van der Waals surface area (Å²) < 4.78 is 0. The van der Waals surface area contributed by atoms with Crippen LogP contribution >= 0.6 is 11.6 Å². The topological polar surface area (TPSA) is 12.0 Å². The van der Waals surface area contributed by atoms with E-state index in [-0.39, 0.29) is 0 Å². The maximum atomic E-state index is 6.01. The molecule has 1 nitrogen and oxygen atoms in total. The molecule has 2 rings (SSSR count). The van der Waals surface area contributed by atoms with E-state index in [1.165, 1.54) is 24.8 Å². The molecule has 1 fully saturated rings. The van der Waals surface area contributed by atoms with E-state index in [0.29, 0.717) is 5.92 Å². The van der Waals surface area contributed by atoms with Crippen LogP contribution in [0.2, 0.25) is 5.02 Å². The zero-order chi connectivity index (χ0) is 12.3. The third-order valence-corrected chi connectivity index (χ3v) is 3.85. The molecule has 1 aromatic carbocycles. The summed E-state index contributed by atoms with van der Waals surface area (Å²) in [4.78, 5) is 0. The average molecular weight is 252 g/mol. The molecule has 17 heavy (non-hydrogen) atoms. The lowest BCUT2D eigenvalue weighted by Crippen LogP contribution is -2.40. The normalized spacial score (nSPS) is 23.8. The quantitative estimate of drug-likeness (QED) is 0.826. The van der Waals surface area contributed by atoms with Crippen molar-refractivity contribution in [3.8, 4) is 0 Å². The average Bonchev–Trinajstić information content (AvgIpc) is 2.21. The maximum absolute atomic E-state index is 6.01. The second-order valence-electron chi connectivity index (χ2n) is 5.56. The lowest BCUT2D eigenvalue weighted by atomic mass is 9.76. The molecule has 0 spiro atoms. The molecule has 0 saturated heterocycles. The SMILES string of the molecule is CC(C)CCNC1CC(c2cccc(Cl)c2)C1. The Labute approximate surface area is 110 Å². The fourth-order valence-electron chi connectivity index (χ4n) is 2.39. The summed E-state index contributed by atoms with van der Waals surface area (Å²) in [6.07, 6.45) is 3.80. The van der Waals surface area contributed by atoms with Gasteiger partial charge in [-0.1, -0.05) is 37.6 Å². The summed E-state index contributed by atoms with van der Waals surface area (Å²) in [5, 5.41) is 4.49. The number of hydrogen-bond donors (Lipinski definition) is 1. The molecule has 1 aromatic rings. The van der Waals surface area contributed by atoms with Crippen LogP contribution in [0.25, 0.3) is 0 Å². The standard InChI is InChI=1S/C15H22ClN/c1-11(2)6-7-17-15-9-13(10-15)12-4-3-5-14(16)8-12/h3-5,8,11,13,15,17H,6-7,9-10H2,1-2H3. The predicted octanol–water partition coefficient (Wildman–Crippen LogP) is 4.22. The first-order valence-electron chi connectivity index (χ1n) is 6.64. The smallest absolute Gasteiger partial charge is 0.0408 e. The van der Waals surface area contributed by atoms with Crippen molar-refractivity contribution in [1.82, 2.24) is 5.32 Å². The van der Waals surface area contributed by atoms with Crippen molar-refractivity contribution in [3.05, 3.63) is 34.9 Å². The Bertz CT molecular complexity index is 356. The molecule has 0 radical (unpaired) electrons. The largest absolute Gasteiger partial charge is 0.314 e. The molecule has 0 unspecified atom stereocenters. The Morgan fingerprint density at radius 1 is 1.35 bits per heavy atom. The molecule has 94 valence electrons. The van der Waals surface area contributed by atoms with Gasteiger partial charge in [0.25, 0.3) is 0 Å². The monoisotopic (exact) mass is 251 g/mol. The van der Waals surface area contributed by atoms with Crippen molar-refractivity contribution in [1.29, 1.82) is 0 Å². The van der Waals surface area contributed by atoms with E-state index in [1.807, 2.05) is 6.07 Å². The van der Waals surface area contributed by atoms with E-state index < -0.39 is 0 Å². The third-order valence-electron chi connectivity index (χ3n) is 3.61. The molecule has 0 amide bonds. The van der Waals surface area contributed by atoms with Crippen LogP contribution in [0.15, 0.2) is 24.3 Å². The van der Waals surface area contributed by atoms with E-state index >= 15 is 0 Å². The van der Waals surface area contributed by atoms with Gasteiger partial charge in [-0.15, -0.1) is 0 Å². The number of hydrogen-bond acceptors (Lipinski definition) is 1. The second kappa shape index (κ2) is 5.88. The van der Waals surface area contributed by atoms with Gasteiger partial charge in [0, 0.05) is 11.1 Å². The summed E-state index contributed by atoms with van der Waals surface area (Å²) in [7, 11) is 0. The van der Waals surface area contributed by atoms with Gasteiger partial charge in [0.2, 0.25) is 0 Å². The minimum absolute atomic E-state index is 0.713. The highest BCUT2D eigenvalue weighted by molar-refractivity contribution is 6.30. The van der Waals surface area contributed by atoms with Crippen molar-refractivity contribution in [2.45, 2.75) is 45.1 Å². The van der Waals surface area contributed by atoms with Gasteiger partial charge < -0.3 is 5.32 Å². The van der Waals surface area contributed by atoms with E-state index in [1.54, 1.807) is 0 Å². The summed E-state index contributed by atoms with van der Waals surface area (Å²) in [6, 6.07) is 9.02. The molecule has 1 saturated carbocycles. The molecule has 1 aliphatic rings. The number of nitrogens with one attached hydrogen (secondary N) is 1. The molecule has 0 bridgehead atoms. The van der Waals surface area contributed by atoms with E-state index in [9.17, 15) is 0 Å². The molecule has 0 aromatic heterocycles. The van der Waals surface area contributed by atoms with Gasteiger partial charge in [-0.3, -0.25) is 0 Å². The lowest BCUT2D eigenvalue weighted by Gasteiger charge is -2.36. The van der Waals surface area contributed by atoms with Gasteiger partial charge in [0.1, 0.15) is 0 Å². The van der Waals surface area contributed by atoms with Crippen LogP contribution in [0.4, 0.5) is 0 Å². The first-order valence-corrected chi connectivity index (χ1v) is 7.02. The van der Waals surface area contributed by atoms with Crippen LogP contribution in [0.3, 0.4) is 0 Å². The van der Waals surface area contributed by atoms with Crippen LogP contribution in [-0.2, 0) is 0 Å². The molecule has 1 N–H and O–H groups in total. The number of benzene rings is 1. The molecule has 0 atom stereocenters. The van der Waals surface area contributed by atoms with Gasteiger partial charge in [-0.05, 0) is 55.3 Å².